The van der Waals surface area contributed by atoms with Crippen LogP contribution in [0.1, 0.15) is 40.9 Å². The molecule has 0 aliphatic heterocycles. The number of halogens is 1. The SMILES string of the molecule is CCOc1cc(C(c2c(C)[nH][nH]c2=O)c2c(C)[nH][nH]c2=O)cc(I)c1O. The first-order valence-corrected chi connectivity index (χ1v) is 9.12. The first-order valence-electron chi connectivity index (χ1n) is 8.04. The number of H-pyrrole nitrogens is 4. The van der Waals surface area contributed by atoms with Crippen LogP contribution in [0.3, 0.4) is 0 Å². The molecule has 9 heteroatoms. The zero-order chi connectivity index (χ0) is 19.0. The van der Waals surface area contributed by atoms with Gasteiger partial charge in [-0.05, 0) is 61.1 Å². The molecule has 1 aromatic carbocycles. The number of aromatic amines is 4. The summed E-state index contributed by atoms with van der Waals surface area (Å²) in [4.78, 5) is 24.9. The number of phenols is 1. The van der Waals surface area contributed by atoms with Crippen molar-refractivity contribution in [3.63, 3.8) is 0 Å². The number of aryl methyl sites for hydroxylation is 2. The second-order valence-electron chi connectivity index (χ2n) is 5.95. The van der Waals surface area contributed by atoms with Gasteiger partial charge in [-0.3, -0.25) is 19.8 Å². The largest absolute Gasteiger partial charge is 0.504 e. The fourth-order valence-electron chi connectivity index (χ4n) is 3.11. The third-order valence-corrected chi connectivity index (χ3v) is 5.11. The number of rotatable bonds is 5. The molecule has 0 fully saturated rings. The van der Waals surface area contributed by atoms with Gasteiger partial charge in [0.2, 0.25) is 0 Å². The van der Waals surface area contributed by atoms with Crippen molar-refractivity contribution in [1.29, 1.82) is 0 Å². The molecule has 0 amide bonds. The lowest BCUT2D eigenvalue weighted by Gasteiger charge is -2.18. The van der Waals surface area contributed by atoms with Crippen molar-refractivity contribution in [2.45, 2.75) is 26.7 Å². The zero-order valence-electron chi connectivity index (χ0n) is 14.5. The first kappa shape index (κ1) is 18.4. The minimum atomic E-state index is -0.617. The predicted molar refractivity (Wildman–Crippen MR) is 105 cm³/mol. The number of nitrogens with one attached hydrogen (secondary N) is 4. The molecule has 0 bridgehead atoms. The maximum atomic E-state index is 12.4. The van der Waals surface area contributed by atoms with Gasteiger partial charge in [0.1, 0.15) is 0 Å². The van der Waals surface area contributed by atoms with Crippen LogP contribution < -0.4 is 15.9 Å². The molecule has 2 heterocycles. The third kappa shape index (κ3) is 3.06. The lowest BCUT2D eigenvalue weighted by atomic mass is 9.85. The van der Waals surface area contributed by atoms with E-state index in [2.05, 4.69) is 20.4 Å². The Morgan fingerprint density at radius 3 is 2.00 bits per heavy atom. The Hall–Kier alpha value is -2.43. The Balaban J connectivity index is 2.33. The Morgan fingerprint density at radius 2 is 1.58 bits per heavy atom. The van der Waals surface area contributed by atoms with Crippen LogP contribution >= 0.6 is 22.6 Å². The van der Waals surface area contributed by atoms with E-state index >= 15 is 0 Å². The Kier molecular flexibility index (Phi) is 4.99. The van der Waals surface area contributed by atoms with Gasteiger partial charge in [0.25, 0.3) is 11.1 Å². The zero-order valence-corrected chi connectivity index (χ0v) is 16.6. The van der Waals surface area contributed by atoms with Gasteiger partial charge in [-0.15, -0.1) is 0 Å². The number of benzene rings is 1. The highest BCUT2D eigenvalue weighted by molar-refractivity contribution is 14.1. The molecule has 0 atom stereocenters. The minimum Gasteiger partial charge on any atom is -0.504 e. The average molecular weight is 470 g/mol. The van der Waals surface area contributed by atoms with Crippen molar-refractivity contribution in [2.75, 3.05) is 6.61 Å². The number of ether oxygens (including phenoxy) is 1. The van der Waals surface area contributed by atoms with E-state index in [1.807, 2.05) is 29.5 Å². The van der Waals surface area contributed by atoms with Gasteiger partial charge in [0.05, 0.1) is 21.3 Å². The van der Waals surface area contributed by atoms with E-state index in [9.17, 15) is 14.7 Å². The van der Waals surface area contributed by atoms with E-state index in [1.54, 1.807) is 26.0 Å². The molecule has 26 heavy (non-hydrogen) atoms. The highest BCUT2D eigenvalue weighted by Gasteiger charge is 2.29. The maximum absolute atomic E-state index is 12.4. The molecule has 8 nitrogen and oxygen atoms in total. The number of hydrogen-bond acceptors (Lipinski definition) is 4. The summed E-state index contributed by atoms with van der Waals surface area (Å²) in [5, 5.41) is 21.0. The summed E-state index contributed by atoms with van der Waals surface area (Å²) in [6, 6.07) is 3.42. The van der Waals surface area contributed by atoms with Gasteiger partial charge in [-0.2, -0.15) is 0 Å². The monoisotopic (exact) mass is 470 g/mol. The van der Waals surface area contributed by atoms with Crippen molar-refractivity contribution in [3.05, 3.63) is 64.5 Å². The smallest absolute Gasteiger partial charge is 0.268 e. The molecule has 0 spiro atoms. The van der Waals surface area contributed by atoms with Crippen molar-refractivity contribution < 1.29 is 9.84 Å². The summed E-state index contributed by atoms with van der Waals surface area (Å²) in [7, 11) is 0. The number of hydrogen-bond donors (Lipinski definition) is 5. The predicted octanol–water partition coefficient (Wildman–Crippen LogP) is 2.23. The summed E-state index contributed by atoms with van der Waals surface area (Å²) in [5.74, 6) is -0.267. The van der Waals surface area contributed by atoms with Crippen molar-refractivity contribution in [3.8, 4) is 11.5 Å². The molecule has 2 aromatic heterocycles. The second kappa shape index (κ2) is 7.06. The van der Waals surface area contributed by atoms with Gasteiger partial charge in [0.15, 0.2) is 11.5 Å². The van der Waals surface area contributed by atoms with E-state index in [-0.39, 0.29) is 16.9 Å². The van der Waals surface area contributed by atoms with Gasteiger partial charge in [0, 0.05) is 17.3 Å². The number of phenolic OH excluding ortho intramolecular Hbond substituents is 1. The fraction of sp³-hybridized carbons (Fsp3) is 0.294. The number of aromatic nitrogens is 4. The summed E-state index contributed by atoms with van der Waals surface area (Å²) in [6.07, 6.45) is 0. The molecule has 3 aromatic rings. The fourth-order valence-corrected chi connectivity index (χ4v) is 3.74. The first-order chi connectivity index (χ1) is 12.3. The molecule has 0 aliphatic rings. The van der Waals surface area contributed by atoms with Gasteiger partial charge in [-0.25, -0.2) is 0 Å². The average Bonchev–Trinajstić information content (AvgIpc) is 3.09. The second-order valence-corrected chi connectivity index (χ2v) is 7.11. The maximum Gasteiger partial charge on any atom is 0.268 e. The summed E-state index contributed by atoms with van der Waals surface area (Å²) in [6.45, 7) is 5.74. The van der Waals surface area contributed by atoms with Gasteiger partial charge >= 0.3 is 0 Å². The van der Waals surface area contributed by atoms with Gasteiger partial charge < -0.3 is 20.0 Å². The standard InChI is InChI=1S/C17H19IN4O4/c1-4-26-11-6-9(5-10(18)15(11)23)14(12-7(2)19-21-16(12)24)13-8(3)20-22-17(13)25/h5-6,14,23H,4H2,1-3H3,(H2,19,21,24)(H2,20,22,25). The van der Waals surface area contributed by atoms with Crippen LogP contribution in [-0.2, 0) is 0 Å². The normalized spacial score (nSPS) is 11.3. The van der Waals surface area contributed by atoms with Crippen molar-refractivity contribution in [2.24, 2.45) is 0 Å². The molecule has 0 radical (unpaired) electrons. The van der Waals surface area contributed by atoms with E-state index in [0.29, 0.717) is 44.0 Å². The highest BCUT2D eigenvalue weighted by Crippen LogP contribution is 2.39. The molecular formula is C17H19IN4O4. The van der Waals surface area contributed by atoms with Crippen LogP contribution in [0.25, 0.3) is 0 Å². The summed E-state index contributed by atoms with van der Waals surface area (Å²) >= 11 is 2.00. The third-order valence-electron chi connectivity index (χ3n) is 4.29. The van der Waals surface area contributed by atoms with Crippen molar-refractivity contribution in [1.82, 2.24) is 20.4 Å². The molecule has 138 valence electrons. The van der Waals surface area contributed by atoms with E-state index in [0.717, 1.165) is 0 Å². The number of aromatic hydroxyl groups is 1. The quantitative estimate of drug-likeness (QED) is 0.367. The van der Waals surface area contributed by atoms with Crippen LogP contribution in [0, 0.1) is 17.4 Å². The molecule has 0 saturated heterocycles. The Bertz CT molecular complexity index is 1010. The molecular weight excluding hydrogens is 451 g/mol. The molecule has 0 saturated carbocycles. The van der Waals surface area contributed by atoms with Crippen LogP contribution in [0.4, 0.5) is 0 Å². The Labute approximate surface area is 162 Å². The van der Waals surface area contributed by atoms with Crippen LogP contribution in [0.15, 0.2) is 21.7 Å². The lowest BCUT2D eigenvalue weighted by Crippen LogP contribution is -2.20. The molecule has 3 rings (SSSR count). The molecule has 0 aliphatic carbocycles. The topological polar surface area (TPSA) is 127 Å². The van der Waals surface area contributed by atoms with Crippen molar-refractivity contribution >= 4 is 22.6 Å². The Morgan fingerprint density at radius 1 is 1.04 bits per heavy atom. The lowest BCUT2D eigenvalue weighted by molar-refractivity contribution is 0.316. The molecule has 0 unspecified atom stereocenters. The highest BCUT2D eigenvalue weighted by atomic mass is 127. The van der Waals surface area contributed by atoms with Crippen LogP contribution in [0.5, 0.6) is 11.5 Å². The van der Waals surface area contributed by atoms with Crippen LogP contribution in [0.2, 0.25) is 0 Å². The minimum absolute atomic E-state index is 0.0364. The summed E-state index contributed by atoms with van der Waals surface area (Å²) < 4.78 is 6.09. The van der Waals surface area contributed by atoms with E-state index in [4.69, 9.17) is 4.74 Å². The van der Waals surface area contributed by atoms with E-state index in [1.165, 1.54) is 0 Å². The molecule has 5 N–H and O–H groups in total. The van der Waals surface area contributed by atoms with Gasteiger partial charge in [-0.1, -0.05) is 0 Å². The van der Waals surface area contributed by atoms with Crippen LogP contribution in [-0.4, -0.2) is 32.1 Å². The summed E-state index contributed by atoms with van der Waals surface area (Å²) in [5.41, 5.74) is 2.26. The van der Waals surface area contributed by atoms with E-state index < -0.39 is 5.92 Å².